The average molecular weight is 639 g/mol. The largest absolute Gasteiger partial charge is 0.496 e. The first kappa shape index (κ1) is 33.1. The second-order valence-electron chi connectivity index (χ2n) is 12.4. The van der Waals surface area contributed by atoms with Gasteiger partial charge in [0.15, 0.2) is 0 Å². The standard InChI is InChI=1S/C34H41F3N6O3/c1-20-15-29(46-6)27(33(45)40-20)18-39-32(44)26-17-28-25(24-7-11-38-30(16-24)41(4)5)10-14-43(28)31(22(26)3)21(2)23-8-12-42(13-9-23)19-34(35,36)37/h7,10-11,14-17,21,23H,8-9,12-13,18-19H2,1-6H3,(H,39,44)(H,40,45). The van der Waals surface area contributed by atoms with Crippen LogP contribution in [0, 0.1) is 19.8 Å². The summed E-state index contributed by atoms with van der Waals surface area (Å²) >= 11 is 0. The van der Waals surface area contributed by atoms with E-state index < -0.39 is 12.7 Å². The molecule has 9 nitrogen and oxygen atoms in total. The van der Waals surface area contributed by atoms with Crippen LogP contribution in [0.25, 0.3) is 16.6 Å². The first-order chi connectivity index (χ1) is 21.8. The number of halogens is 3. The molecule has 1 unspecified atom stereocenters. The van der Waals surface area contributed by atoms with E-state index >= 15 is 0 Å². The summed E-state index contributed by atoms with van der Waals surface area (Å²) in [6.07, 6.45) is 0.763. The van der Waals surface area contributed by atoms with Gasteiger partial charge >= 0.3 is 6.18 Å². The summed E-state index contributed by atoms with van der Waals surface area (Å²) in [6.45, 7) is 5.57. The maximum atomic E-state index is 13.9. The number of aromatic amines is 1. The van der Waals surface area contributed by atoms with Crippen molar-refractivity contribution in [3.8, 4) is 16.9 Å². The number of pyridine rings is 3. The monoisotopic (exact) mass is 638 g/mol. The third-order valence-corrected chi connectivity index (χ3v) is 9.06. The van der Waals surface area contributed by atoms with Crippen molar-refractivity contribution < 1.29 is 22.7 Å². The molecule has 1 atom stereocenters. The summed E-state index contributed by atoms with van der Waals surface area (Å²) in [6, 6.07) is 9.52. The molecule has 1 saturated heterocycles. The van der Waals surface area contributed by atoms with Crippen LogP contribution < -0.4 is 20.5 Å². The summed E-state index contributed by atoms with van der Waals surface area (Å²) < 4.78 is 46.7. The lowest BCUT2D eigenvalue weighted by Crippen LogP contribution is -2.41. The predicted molar refractivity (Wildman–Crippen MR) is 173 cm³/mol. The number of likely N-dealkylation sites (tertiary alicyclic amines) is 1. The van der Waals surface area contributed by atoms with Crippen molar-refractivity contribution in [1.82, 2.24) is 24.6 Å². The zero-order valence-corrected chi connectivity index (χ0v) is 27.1. The van der Waals surface area contributed by atoms with Crippen LogP contribution in [0.5, 0.6) is 5.75 Å². The molecule has 1 aliphatic rings. The second kappa shape index (κ2) is 13.2. The minimum Gasteiger partial charge on any atom is -0.496 e. The maximum absolute atomic E-state index is 13.9. The van der Waals surface area contributed by atoms with Gasteiger partial charge in [-0.25, -0.2) is 4.98 Å². The Bertz CT molecular complexity index is 1790. The van der Waals surface area contributed by atoms with Crippen LogP contribution in [0.2, 0.25) is 0 Å². The van der Waals surface area contributed by atoms with Crippen LogP contribution in [0.3, 0.4) is 0 Å². The van der Waals surface area contributed by atoms with E-state index in [0.29, 0.717) is 48.5 Å². The van der Waals surface area contributed by atoms with E-state index in [-0.39, 0.29) is 29.8 Å². The molecule has 0 bridgehead atoms. The Balaban J connectivity index is 1.55. The number of fused-ring (bicyclic) bond motifs is 1. The molecule has 1 fully saturated rings. The highest BCUT2D eigenvalue weighted by atomic mass is 19.4. The molecule has 4 aromatic heterocycles. The lowest BCUT2D eigenvalue weighted by atomic mass is 9.81. The molecule has 0 radical (unpaired) electrons. The van der Waals surface area contributed by atoms with E-state index in [0.717, 1.165) is 33.7 Å². The number of hydrogen-bond donors (Lipinski definition) is 2. The molecule has 5 rings (SSSR count). The van der Waals surface area contributed by atoms with Gasteiger partial charge in [0.25, 0.3) is 11.5 Å². The van der Waals surface area contributed by atoms with Gasteiger partial charge in [-0.3, -0.25) is 14.5 Å². The normalized spacial score (nSPS) is 15.2. The van der Waals surface area contributed by atoms with Crippen molar-refractivity contribution >= 4 is 17.2 Å². The first-order valence-electron chi connectivity index (χ1n) is 15.4. The van der Waals surface area contributed by atoms with Crippen LogP contribution >= 0.6 is 0 Å². The number of alkyl halides is 3. The number of nitrogens with zero attached hydrogens (tertiary/aromatic N) is 4. The van der Waals surface area contributed by atoms with Gasteiger partial charge in [-0.2, -0.15) is 13.2 Å². The number of rotatable bonds is 9. The molecule has 12 heteroatoms. The fraction of sp³-hybridized carbons (Fsp3) is 0.441. The van der Waals surface area contributed by atoms with Gasteiger partial charge in [0.2, 0.25) is 0 Å². The van der Waals surface area contributed by atoms with Gasteiger partial charge in [-0.15, -0.1) is 0 Å². The smallest absolute Gasteiger partial charge is 0.401 e. The first-order valence-corrected chi connectivity index (χ1v) is 15.4. The number of piperidine rings is 1. The van der Waals surface area contributed by atoms with Crippen LogP contribution in [0.1, 0.15) is 58.6 Å². The predicted octanol–water partition coefficient (Wildman–Crippen LogP) is 5.69. The minimum absolute atomic E-state index is 0.0325. The minimum atomic E-state index is -4.22. The molecule has 46 heavy (non-hydrogen) atoms. The molecule has 4 aromatic rings. The van der Waals surface area contributed by atoms with Crippen LogP contribution in [0.4, 0.5) is 19.0 Å². The fourth-order valence-corrected chi connectivity index (χ4v) is 6.62. The van der Waals surface area contributed by atoms with Gasteiger partial charge in [-0.1, -0.05) is 6.92 Å². The number of ether oxygens (including phenoxy) is 1. The Morgan fingerprint density at radius 3 is 2.54 bits per heavy atom. The molecule has 0 aliphatic carbocycles. The number of H-pyrrole nitrogens is 1. The number of methoxy groups -OCH3 is 1. The maximum Gasteiger partial charge on any atom is 0.401 e. The van der Waals surface area contributed by atoms with Gasteiger partial charge in [0.1, 0.15) is 11.6 Å². The van der Waals surface area contributed by atoms with E-state index in [9.17, 15) is 22.8 Å². The quantitative estimate of drug-likeness (QED) is 0.245. The zero-order chi connectivity index (χ0) is 33.3. The number of anilines is 1. The second-order valence-corrected chi connectivity index (χ2v) is 12.4. The van der Waals surface area contributed by atoms with Gasteiger partial charge in [0, 0.05) is 49.0 Å². The van der Waals surface area contributed by atoms with Crippen molar-refractivity contribution in [3.05, 3.63) is 81.2 Å². The molecule has 2 N–H and O–H groups in total. The van der Waals surface area contributed by atoms with Gasteiger partial charge in [-0.05, 0) is 93.1 Å². The SMILES string of the molecule is COc1cc(C)[nH]c(=O)c1CNC(=O)c1cc2c(-c3ccnc(N(C)C)c3)ccn2c(C(C)C2CCN(CC(F)(F)F)CC2)c1C. The summed E-state index contributed by atoms with van der Waals surface area (Å²) in [4.78, 5) is 37.2. The highest BCUT2D eigenvalue weighted by Crippen LogP contribution is 2.38. The molecule has 1 aliphatic heterocycles. The Morgan fingerprint density at radius 1 is 1.17 bits per heavy atom. The topological polar surface area (TPSA) is 95.0 Å². The van der Waals surface area contributed by atoms with Crippen molar-refractivity contribution in [3.63, 3.8) is 0 Å². The Morgan fingerprint density at radius 2 is 1.89 bits per heavy atom. The number of aryl methyl sites for hydroxylation is 1. The van der Waals surface area contributed by atoms with Crippen LogP contribution in [-0.4, -0.2) is 72.2 Å². The lowest BCUT2D eigenvalue weighted by Gasteiger charge is -2.36. The van der Waals surface area contributed by atoms with E-state index in [4.69, 9.17) is 4.74 Å². The average Bonchev–Trinajstić information content (AvgIpc) is 3.42. The van der Waals surface area contributed by atoms with Gasteiger partial charge < -0.3 is 24.3 Å². The molecular weight excluding hydrogens is 597 g/mol. The van der Waals surface area contributed by atoms with Gasteiger partial charge in [0.05, 0.1) is 31.3 Å². The lowest BCUT2D eigenvalue weighted by molar-refractivity contribution is -0.148. The number of hydrogen-bond acceptors (Lipinski definition) is 6. The molecular formula is C34H41F3N6O3. The summed E-state index contributed by atoms with van der Waals surface area (Å²) in [5.41, 5.74) is 5.50. The number of nitrogens with one attached hydrogen (secondary N) is 2. The summed E-state index contributed by atoms with van der Waals surface area (Å²) in [5.74, 6) is 0.929. The van der Waals surface area contributed by atoms with E-state index in [1.165, 1.54) is 12.0 Å². The Labute approximate surface area is 266 Å². The van der Waals surface area contributed by atoms with Crippen molar-refractivity contribution in [2.45, 2.75) is 52.3 Å². The number of amides is 1. The van der Waals surface area contributed by atoms with Crippen molar-refractivity contribution in [2.75, 3.05) is 45.7 Å². The third-order valence-electron chi connectivity index (χ3n) is 9.06. The summed E-state index contributed by atoms with van der Waals surface area (Å²) in [7, 11) is 5.32. The van der Waals surface area contributed by atoms with E-state index in [1.54, 1.807) is 19.2 Å². The molecule has 0 saturated carbocycles. The molecule has 246 valence electrons. The third kappa shape index (κ3) is 6.91. The van der Waals surface area contributed by atoms with Crippen LogP contribution in [0.15, 0.2) is 47.5 Å². The van der Waals surface area contributed by atoms with E-state index in [1.807, 2.05) is 56.4 Å². The number of carbonyl (C=O) groups excluding carboxylic acids is 1. The fourth-order valence-electron chi connectivity index (χ4n) is 6.62. The highest BCUT2D eigenvalue weighted by Gasteiger charge is 2.35. The Kier molecular flexibility index (Phi) is 9.48. The zero-order valence-electron chi connectivity index (χ0n) is 27.1. The van der Waals surface area contributed by atoms with Crippen LogP contribution in [-0.2, 0) is 6.54 Å². The molecule has 0 spiro atoms. The number of aromatic nitrogens is 3. The van der Waals surface area contributed by atoms with Crippen molar-refractivity contribution in [2.24, 2.45) is 5.92 Å². The summed E-state index contributed by atoms with van der Waals surface area (Å²) in [5, 5.41) is 2.93. The number of carbonyl (C=O) groups is 1. The molecule has 5 heterocycles. The van der Waals surface area contributed by atoms with E-state index in [2.05, 4.69) is 26.6 Å². The van der Waals surface area contributed by atoms with Crippen molar-refractivity contribution in [1.29, 1.82) is 0 Å². The molecule has 0 aromatic carbocycles. The Hall–Kier alpha value is -4.32. The molecule has 1 amide bonds. The highest BCUT2D eigenvalue weighted by molar-refractivity contribution is 5.98.